The first kappa shape index (κ1) is 17.0. The second-order valence-corrected chi connectivity index (χ2v) is 5.36. The number of aromatic nitrogens is 1. The van der Waals surface area contributed by atoms with E-state index < -0.39 is 5.91 Å². The monoisotopic (exact) mass is 349 g/mol. The van der Waals surface area contributed by atoms with Crippen LogP contribution in [0.15, 0.2) is 49.3 Å². The van der Waals surface area contributed by atoms with E-state index in [2.05, 4.69) is 22.2 Å². The van der Waals surface area contributed by atoms with Crippen molar-refractivity contribution in [2.24, 2.45) is 0 Å². The molecule has 1 aromatic heterocycles. The first-order chi connectivity index (χ1) is 11.0. The van der Waals surface area contributed by atoms with Gasteiger partial charge in [-0.15, -0.1) is 6.58 Å². The van der Waals surface area contributed by atoms with E-state index in [-0.39, 0.29) is 17.0 Å². The lowest BCUT2D eigenvalue weighted by Gasteiger charge is -2.07. The number of nitrogens with one attached hydrogen (secondary N) is 2. The third-order valence-electron chi connectivity index (χ3n) is 2.85. The van der Waals surface area contributed by atoms with Crippen LogP contribution < -0.4 is 10.6 Å². The molecule has 118 valence electrons. The Kier molecular flexibility index (Phi) is 5.73. The molecule has 0 unspecified atom stereocenters. The summed E-state index contributed by atoms with van der Waals surface area (Å²) in [7, 11) is 0. The molecule has 1 heterocycles. The Labute approximate surface area is 143 Å². The number of halogens is 2. The Hall–Kier alpha value is -2.37. The first-order valence-corrected chi connectivity index (χ1v) is 7.37. The van der Waals surface area contributed by atoms with Gasteiger partial charge in [-0.2, -0.15) is 0 Å². The van der Waals surface area contributed by atoms with Gasteiger partial charge in [0.2, 0.25) is 0 Å². The summed E-state index contributed by atoms with van der Waals surface area (Å²) in [6.07, 6.45) is 4.32. The number of hydrogen-bond acceptors (Lipinski definition) is 3. The summed E-state index contributed by atoms with van der Waals surface area (Å²) in [4.78, 5) is 28.0. The van der Waals surface area contributed by atoms with Gasteiger partial charge in [-0.1, -0.05) is 29.3 Å². The van der Waals surface area contributed by atoms with E-state index in [0.717, 1.165) is 0 Å². The molecule has 0 fully saturated rings. The lowest BCUT2D eigenvalue weighted by Crippen LogP contribution is -2.24. The molecule has 0 atom stereocenters. The largest absolute Gasteiger partial charge is 0.349 e. The fraction of sp³-hybridized carbons (Fsp3) is 0.0625. The number of benzene rings is 1. The minimum Gasteiger partial charge on any atom is -0.349 e. The van der Waals surface area contributed by atoms with E-state index in [1.165, 1.54) is 24.5 Å². The highest BCUT2D eigenvalue weighted by molar-refractivity contribution is 6.42. The molecule has 0 spiro atoms. The van der Waals surface area contributed by atoms with Crippen LogP contribution in [0, 0.1) is 0 Å². The van der Waals surface area contributed by atoms with E-state index in [0.29, 0.717) is 22.3 Å². The minimum absolute atomic E-state index is 0.252. The van der Waals surface area contributed by atoms with Crippen LogP contribution in [0.2, 0.25) is 10.0 Å². The summed E-state index contributed by atoms with van der Waals surface area (Å²) in [5.74, 6) is -0.740. The molecule has 0 bridgehead atoms. The number of anilines is 1. The van der Waals surface area contributed by atoms with Gasteiger partial charge in [0.15, 0.2) is 0 Å². The average molecular weight is 350 g/mol. The van der Waals surface area contributed by atoms with Crippen LogP contribution >= 0.6 is 23.2 Å². The summed E-state index contributed by atoms with van der Waals surface area (Å²) in [6, 6.07) is 6.20. The summed E-state index contributed by atoms with van der Waals surface area (Å²) in [5, 5.41) is 6.01. The molecule has 2 aromatic rings. The van der Waals surface area contributed by atoms with Crippen LogP contribution in [0.5, 0.6) is 0 Å². The Morgan fingerprint density at radius 2 is 1.78 bits per heavy atom. The van der Waals surface area contributed by atoms with E-state index in [4.69, 9.17) is 23.2 Å². The van der Waals surface area contributed by atoms with Crippen molar-refractivity contribution in [3.63, 3.8) is 0 Å². The molecule has 0 saturated carbocycles. The highest BCUT2D eigenvalue weighted by atomic mass is 35.5. The second kappa shape index (κ2) is 7.76. The number of amides is 2. The summed E-state index contributed by atoms with van der Waals surface area (Å²) < 4.78 is 0. The van der Waals surface area contributed by atoms with Crippen molar-refractivity contribution in [2.75, 3.05) is 11.9 Å². The topological polar surface area (TPSA) is 71.1 Å². The fourth-order valence-electron chi connectivity index (χ4n) is 1.73. The minimum atomic E-state index is -0.408. The summed E-state index contributed by atoms with van der Waals surface area (Å²) in [6.45, 7) is 3.85. The van der Waals surface area contributed by atoms with Crippen molar-refractivity contribution in [1.82, 2.24) is 10.3 Å². The molecule has 2 N–H and O–H groups in total. The Balaban J connectivity index is 2.14. The predicted molar refractivity (Wildman–Crippen MR) is 91.2 cm³/mol. The lowest BCUT2D eigenvalue weighted by molar-refractivity contribution is 0.0957. The molecular formula is C16H13Cl2N3O2. The molecule has 2 rings (SSSR count). The van der Waals surface area contributed by atoms with Gasteiger partial charge in [0.05, 0.1) is 21.2 Å². The fourth-order valence-corrected chi connectivity index (χ4v) is 2.03. The molecule has 5 nitrogen and oxygen atoms in total. The Bertz CT molecular complexity index is 763. The van der Waals surface area contributed by atoms with Gasteiger partial charge < -0.3 is 10.6 Å². The van der Waals surface area contributed by atoms with E-state index in [1.54, 1.807) is 18.2 Å². The zero-order valence-electron chi connectivity index (χ0n) is 12.0. The van der Waals surface area contributed by atoms with Crippen LogP contribution in [-0.2, 0) is 0 Å². The number of nitrogens with zero attached hydrogens (tertiary/aromatic N) is 1. The normalized spacial score (nSPS) is 10.0. The summed E-state index contributed by atoms with van der Waals surface area (Å²) >= 11 is 11.7. The molecule has 0 saturated heterocycles. The van der Waals surface area contributed by atoms with Crippen LogP contribution in [-0.4, -0.2) is 23.3 Å². The van der Waals surface area contributed by atoms with Crippen LogP contribution in [0.3, 0.4) is 0 Å². The third-order valence-corrected chi connectivity index (χ3v) is 3.59. The predicted octanol–water partition coefficient (Wildman–Crippen LogP) is 3.56. The third kappa shape index (κ3) is 4.55. The van der Waals surface area contributed by atoms with Crippen molar-refractivity contribution in [1.29, 1.82) is 0 Å². The number of pyridine rings is 1. The number of rotatable bonds is 5. The molecule has 0 aliphatic carbocycles. The molecular weight excluding hydrogens is 337 g/mol. The van der Waals surface area contributed by atoms with Gasteiger partial charge in [-0.3, -0.25) is 14.6 Å². The molecule has 23 heavy (non-hydrogen) atoms. The lowest BCUT2D eigenvalue weighted by atomic mass is 10.2. The van der Waals surface area contributed by atoms with Gasteiger partial charge in [-0.25, -0.2) is 0 Å². The smallest absolute Gasteiger partial charge is 0.257 e. The standard InChI is InChI=1S/C16H13Cl2N3O2/c1-2-5-20-15(22)10-6-11(9-19-8-10)16(23)21-12-3-4-13(17)14(18)7-12/h2-4,6-9H,1,5H2,(H,20,22)(H,21,23). The maximum absolute atomic E-state index is 12.2. The highest BCUT2D eigenvalue weighted by Crippen LogP contribution is 2.25. The van der Waals surface area contributed by atoms with Crippen molar-refractivity contribution < 1.29 is 9.59 Å². The molecule has 0 radical (unpaired) electrons. The van der Waals surface area contributed by atoms with E-state index in [9.17, 15) is 9.59 Å². The van der Waals surface area contributed by atoms with Crippen molar-refractivity contribution >= 4 is 40.7 Å². The molecule has 1 aromatic carbocycles. The maximum atomic E-state index is 12.2. The maximum Gasteiger partial charge on any atom is 0.257 e. The van der Waals surface area contributed by atoms with Crippen molar-refractivity contribution in [3.8, 4) is 0 Å². The van der Waals surface area contributed by atoms with Gasteiger partial charge in [0.25, 0.3) is 11.8 Å². The Morgan fingerprint density at radius 1 is 1.09 bits per heavy atom. The van der Waals surface area contributed by atoms with Crippen molar-refractivity contribution in [2.45, 2.75) is 0 Å². The van der Waals surface area contributed by atoms with Gasteiger partial charge in [-0.05, 0) is 24.3 Å². The first-order valence-electron chi connectivity index (χ1n) is 6.62. The van der Waals surface area contributed by atoms with Crippen LogP contribution in [0.1, 0.15) is 20.7 Å². The van der Waals surface area contributed by atoms with E-state index in [1.807, 2.05) is 0 Å². The Morgan fingerprint density at radius 3 is 2.43 bits per heavy atom. The number of hydrogen-bond donors (Lipinski definition) is 2. The molecule has 2 amide bonds. The van der Waals surface area contributed by atoms with Gasteiger partial charge >= 0.3 is 0 Å². The zero-order chi connectivity index (χ0) is 16.8. The average Bonchev–Trinajstić information content (AvgIpc) is 2.56. The highest BCUT2D eigenvalue weighted by Gasteiger charge is 2.11. The molecule has 0 aliphatic heterocycles. The number of carbonyl (C=O) groups is 2. The zero-order valence-corrected chi connectivity index (χ0v) is 13.5. The summed E-state index contributed by atoms with van der Waals surface area (Å²) in [5.41, 5.74) is 1.03. The van der Waals surface area contributed by atoms with Crippen LogP contribution in [0.25, 0.3) is 0 Å². The second-order valence-electron chi connectivity index (χ2n) is 4.54. The van der Waals surface area contributed by atoms with Crippen LogP contribution in [0.4, 0.5) is 5.69 Å². The van der Waals surface area contributed by atoms with E-state index >= 15 is 0 Å². The van der Waals surface area contributed by atoms with Gasteiger partial charge in [0, 0.05) is 24.6 Å². The SMILES string of the molecule is C=CCNC(=O)c1cncc(C(=O)Nc2ccc(Cl)c(Cl)c2)c1. The molecule has 0 aliphatic rings. The molecule has 7 heteroatoms. The van der Waals surface area contributed by atoms with Crippen molar-refractivity contribution in [3.05, 3.63) is 70.5 Å². The van der Waals surface area contributed by atoms with Gasteiger partial charge in [0.1, 0.15) is 0 Å². The number of carbonyl (C=O) groups excluding carboxylic acids is 2. The quantitative estimate of drug-likeness (QED) is 0.810.